The average molecular weight is 462 g/mol. The summed E-state index contributed by atoms with van der Waals surface area (Å²) in [6, 6.07) is 23.3. The number of carbonyl (C=O) groups is 1. The third-order valence-electron chi connectivity index (χ3n) is 4.99. The molecule has 1 aromatic heterocycles. The number of rotatable bonds is 8. The van der Waals surface area contributed by atoms with E-state index in [2.05, 4.69) is 0 Å². The van der Waals surface area contributed by atoms with E-state index in [1.165, 1.54) is 34.5 Å². The highest BCUT2D eigenvalue weighted by Crippen LogP contribution is 2.26. The van der Waals surface area contributed by atoms with Crippen LogP contribution in [0.2, 0.25) is 0 Å². The van der Waals surface area contributed by atoms with Gasteiger partial charge in [0.15, 0.2) is 0 Å². The Bertz CT molecular complexity index is 1410. The van der Waals surface area contributed by atoms with E-state index in [0.717, 1.165) is 10.9 Å². The molecule has 0 aliphatic heterocycles. The van der Waals surface area contributed by atoms with Crippen molar-refractivity contribution in [3.05, 3.63) is 102 Å². The summed E-state index contributed by atoms with van der Waals surface area (Å²) < 4.78 is 38.6. The van der Waals surface area contributed by atoms with Crippen LogP contribution >= 0.6 is 0 Å². The molecule has 7 heteroatoms. The van der Waals surface area contributed by atoms with Gasteiger partial charge in [0.2, 0.25) is 0 Å². The van der Waals surface area contributed by atoms with Crippen molar-refractivity contribution >= 4 is 33.0 Å². The minimum Gasteiger partial charge on any atom is -0.489 e. The molecular weight excluding hydrogens is 438 g/mol. The normalized spacial score (nSPS) is 11.7. The molecule has 0 N–H and O–H groups in total. The number of esters is 1. The summed E-state index contributed by atoms with van der Waals surface area (Å²) in [5.74, 6) is 0.181. The fraction of sp³-hybridized carbons (Fsp3) is 0.115. The summed E-state index contributed by atoms with van der Waals surface area (Å²) in [4.78, 5) is 11.7. The quantitative estimate of drug-likeness (QED) is 0.272. The first-order valence-electron chi connectivity index (χ1n) is 10.5. The molecule has 6 nitrogen and oxygen atoms in total. The number of fused-ring (bicyclic) bond motifs is 1. The van der Waals surface area contributed by atoms with Crippen molar-refractivity contribution in [2.75, 3.05) is 6.61 Å². The van der Waals surface area contributed by atoms with Gasteiger partial charge in [-0.2, -0.15) is 0 Å². The lowest BCUT2D eigenvalue weighted by Crippen LogP contribution is -2.11. The van der Waals surface area contributed by atoms with E-state index >= 15 is 0 Å². The van der Waals surface area contributed by atoms with E-state index in [-0.39, 0.29) is 11.5 Å². The second kappa shape index (κ2) is 9.75. The molecule has 0 aliphatic carbocycles. The second-order valence-corrected chi connectivity index (χ2v) is 9.08. The van der Waals surface area contributed by atoms with Crippen molar-refractivity contribution in [1.82, 2.24) is 3.97 Å². The Balaban J connectivity index is 1.58. The van der Waals surface area contributed by atoms with E-state index in [9.17, 15) is 13.2 Å². The van der Waals surface area contributed by atoms with Gasteiger partial charge in [-0.3, -0.25) is 0 Å². The van der Waals surface area contributed by atoms with Gasteiger partial charge in [0, 0.05) is 17.7 Å². The summed E-state index contributed by atoms with van der Waals surface area (Å²) in [7, 11) is -3.84. The Hall–Kier alpha value is -3.84. The summed E-state index contributed by atoms with van der Waals surface area (Å²) in [5.41, 5.74) is 2.18. The zero-order chi connectivity index (χ0) is 23.3. The molecule has 4 rings (SSSR count). The minimum atomic E-state index is -3.84. The molecule has 168 valence electrons. The Morgan fingerprint density at radius 2 is 1.79 bits per heavy atom. The SMILES string of the molecule is CCOC(=O)/C=C/c1cccc(S(=O)(=O)n2ccc3cc(OCc4ccccc4)ccc32)c1. The van der Waals surface area contributed by atoms with Crippen LogP contribution < -0.4 is 4.74 Å². The van der Waals surface area contributed by atoms with Gasteiger partial charge in [-0.05, 0) is 60.5 Å². The van der Waals surface area contributed by atoms with Crippen molar-refractivity contribution < 1.29 is 22.7 Å². The van der Waals surface area contributed by atoms with Gasteiger partial charge >= 0.3 is 5.97 Å². The van der Waals surface area contributed by atoms with Crippen molar-refractivity contribution in [3.8, 4) is 5.75 Å². The molecule has 3 aromatic carbocycles. The first kappa shape index (κ1) is 22.4. The molecule has 0 spiro atoms. The Labute approximate surface area is 192 Å². The van der Waals surface area contributed by atoms with Crippen molar-refractivity contribution in [2.45, 2.75) is 18.4 Å². The Morgan fingerprint density at radius 3 is 2.58 bits per heavy atom. The van der Waals surface area contributed by atoms with Crippen LogP contribution in [0.5, 0.6) is 5.75 Å². The maximum absolute atomic E-state index is 13.3. The van der Waals surface area contributed by atoms with Crippen LogP contribution in [0, 0.1) is 0 Å². The lowest BCUT2D eigenvalue weighted by Gasteiger charge is -2.10. The van der Waals surface area contributed by atoms with Gasteiger partial charge in [-0.1, -0.05) is 42.5 Å². The zero-order valence-electron chi connectivity index (χ0n) is 18.0. The molecule has 0 saturated carbocycles. The summed E-state index contributed by atoms with van der Waals surface area (Å²) >= 11 is 0. The summed E-state index contributed by atoms with van der Waals surface area (Å²) in [6.07, 6.45) is 4.33. The van der Waals surface area contributed by atoms with Gasteiger partial charge in [-0.15, -0.1) is 0 Å². The highest BCUT2D eigenvalue weighted by atomic mass is 32.2. The third kappa shape index (κ3) is 5.15. The number of nitrogens with zero attached hydrogens (tertiary/aromatic N) is 1. The van der Waals surface area contributed by atoms with Crippen LogP contribution in [-0.4, -0.2) is 25.0 Å². The first-order chi connectivity index (χ1) is 16.0. The Kier molecular flexibility index (Phi) is 6.60. The number of hydrogen-bond donors (Lipinski definition) is 0. The van der Waals surface area contributed by atoms with Crippen LogP contribution in [0.3, 0.4) is 0 Å². The van der Waals surface area contributed by atoms with Crippen LogP contribution in [0.25, 0.3) is 17.0 Å². The zero-order valence-corrected chi connectivity index (χ0v) is 18.9. The van der Waals surface area contributed by atoms with Crippen LogP contribution in [0.4, 0.5) is 0 Å². The van der Waals surface area contributed by atoms with Gasteiger partial charge < -0.3 is 9.47 Å². The molecular formula is C26H23NO5S. The molecule has 33 heavy (non-hydrogen) atoms. The molecule has 0 saturated heterocycles. The fourth-order valence-electron chi connectivity index (χ4n) is 3.38. The first-order valence-corrected chi connectivity index (χ1v) is 11.9. The minimum absolute atomic E-state index is 0.121. The molecule has 0 unspecified atom stereocenters. The highest BCUT2D eigenvalue weighted by molar-refractivity contribution is 7.90. The third-order valence-corrected chi connectivity index (χ3v) is 6.67. The molecule has 4 aromatic rings. The van der Waals surface area contributed by atoms with Gasteiger partial charge in [-0.25, -0.2) is 17.2 Å². The van der Waals surface area contributed by atoms with Crippen molar-refractivity contribution in [3.63, 3.8) is 0 Å². The highest BCUT2D eigenvalue weighted by Gasteiger charge is 2.19. The number of carbonyl (C=O) groups excluding carboxylic acids is 1. The summed E-state index contributed by atoms with van der Waals surface area (Å²) in [6.45, 7) is 2.42. The molecule has 0 radical (unpaired) electrons. The molecule has 0 amide bonds. The van der Waals surface area contributed by atoms with Gasteiger partial charge in [0.05, 0.1) is 17.0 Å². The van der Waals surface area contributed by atoms with Gasteiger partial charge in [0.1, 0.15) is 12.4 Å². The largest absolute Gasteiger partial charge is 0.489 e. The maximum Gasteiger partial charge on any atom is 0.330 e. The number of aromatic nitrogens is 1. The van der Waals surface area contributed by atoms with Crippen LogP contribution in [0.1, 0.15) is 18.1 Å². The number of benzene rings is 3. The molecule has 0 aliphatic rings. The molecule has 1 heterocycles. The van der Waals surface area contributed by atoms with Crippen LogP contribution in [-0.2, 0) is 26.2 Å². The number of hydrogen-bond acceptors (Lipinski definition) is 5. The fourth-order valence-corrected chi connectivity index (χ4v) is 4.79. The number of ether oxygens (including phenoxy) is 2. The smallest absolute Gasteiger partial charge is 0.330 e. The van der Waals surface area contributed by atoms with E-state index in [0.29, 0.717) is 23.4 Å². The molecule has 0 bridgehead atoms. The lowest BCUT2D eigenvalue weighted by molar-refractivity contribution is -0.137. The second-order valence-electron chi connectivity index (χ2n) is 7.27. The van der Waals surface area contributed by atoms with Crippen LogP contribution in [0.15, 0.2) is 96.0 Å². The standard InChI is InChI=1S/C26H23NO5S/c1-2-31-26(28)14-11-20-9-6-10-24(17-20)33(29,30)27-16-15-22-18-23(12-13-25(22)27)32-19-21-7-4-3-5-8-21/h3-18H,2,19H2,1H3/b14-11+. The van der Waals surface area contributed by atoms with E-state index in [1.807, 2.05) is 36.4 Å². The molecule has 0 atom stereocenters. The Morgan fingerprint density at radius 1 is 0.970 bits per heavy atom. The van der Waals surface area contributed by atoms with Crippen molar-refractivity contribution in [2.24, 2.45) is 0 Å². The van der Waals surface area contributed by atoms with Crippen molar-refractivity contribution in [1.29, 1.82) is 0 Å². The predicted octanol–water partition coefficient (Wildman–Crippen LogP) is 5.03. The predicted molar refractivity (Wildman–Crippen MR) is 127 cm³/mol. The van der Waals surface area contributed by atoms with Gasteiger partial charge in [0.25, 0.3) is 10.0 Å². The summed E-state index contributed by atoms with van der Waals surface area (Å²) in [5, 5.41) is 0.752. The van der Waals surface area contributed by atoms with E-state index < -0.39 is 16.0 Å². The topological polar surface area (TPSA) is 74.6 Å². The molecule has 0 fully saturated rings. The monoisotopic (exact) mass is 461 g/mol. The maximum atomic E-state index is 13.3. The lowest BCUT2D eigenvalue weighted by atomic mass is 10.2. The average Bonchev–Trinajstić information content (AvgIpc) is 3.27. The van der Waals surface area contributed by atoms with E-state index in [4.69, 9.17) is 9.47 Å². The van der Waals surface area contributed by atoms with E-state index in [1.54, 1.807) is 37.3 Å².